The molecule has 1 nitrogen and oxygen atoms in total. The van der Waals surface area contributed by atoms with E-state index in [9.17, 15) is 0 Å². The smallest absolute Gasteiger partial charge is 0.0543 e. The molecule has 3 heteroatoms. The Morgan fingerprint density at radius 1 is 1.29 bits per heavy atom. The molecule has 2 N–H and O–H groups in total. The zero-order valence-corrected chi connectivity index (χ0v) is 11.9. The van der Waals surface area contributed by atoms with Gasteiger partial charge in [-0.15, -0.1) is 11.8 Å². The standard InChI is InChI=1S/C14H20ClNS/c1-2-10-3-6-12(7-4-10)17-14-9-11(16)5-8-13(14)15/h5,8-10,12H,2-4,6-7,16H2,1H3. The first kappa shape index (κ1) is 13.1. The van der Waals surface area contributed by atoms with E-state index >= 15 is 0 Å². The Morgan fingerprint density at radius 2 is 2.00 bits per heavy atom. The second kappa shape index (κ2) is 6.01. The van der Waals surface area contributed by atoms with Gasteiger partial charge >= 0.3 is 0 Å². The average molecular weight is 270 g/mol. The zero-order chi connectivity index (χ0) is 12.3. The van der Waals surface area contributed by atoms with Gasteiger partial charge in [-0.25, -0.2) is 0 Å². The van der Waals surface area contributed by atoms with Gasteiger partial charge < -0.3 is 5.73 Å². The van der Waals surface area contributed by atoms with Gasteiger partial charge in [-0.2, -0.15) is 0 Å². The van der Waals surface area contributed by atoms with Crippen LogP contribution in [0.4, 0.5) is 5.69 Å². The lowest BCUT2D eigenvalue weighted by Gasteiger charge is -2.27. The maximum atomic E-state index is 6.20. The molecule has 2 rings (SSSR count). The van der Waals surface area contributed by atoms with E-state index in [1.54, 1.807) is 0 Å². The van der Waals surface area contributed by atoms with Gasteiger partial charge in [0.2, 0.25) is 0 Å². The molecule has 1 fully saturated rings. The Bertz CT molecular complexity index is 372. The van der Waals surface area contributed by atoms with Crippen LogP contribution in [0.2, 0.25) is 5.02 Å². The maximum Gasteiger partial charge on any atom is 0.0543 e. The molecule has 1 aromatic carbocycles. The summed E-state index contributed by atoms with van der Waals surface area (Å²) >= 11 is 8.10. The number of hydrogen-bond acceptors (Lipinski definition) is 2. The topological polar surface area (TPSA) is 26.0 Å². The fraction of sp³-hybridized carbons (Fsp3) is 0.571. The summed E-state index contributed by atoms with van der Waals surface area (Å²) in [5, 5.41) is 1.55. The molecule has 0 aromatic heterocycles. The maximum absolute atomic E-state index is 6.20. The molecule has 1 aliphatic rings. The molecule has 0 amide bonds. The van der Waals surface area contributed by atoms with Crippen molar-refractivity contribution in [3.05, 3.63) is 23.2 Å². The minimum atomic E-state index is 0.720. The van der Waals surface area contributed by atoms with Crippen molar-refractivity contribution in [1.82, 2.24) is 0 Å². The second-order valence-corrected chi connectivity index (χ2v) is 6.61. The molecular weight excluding hydrogens is 250 g/mol. The highest BCUT2D eigenvalue weighted by Gasteiger charge is 2.21. The summed E-state index contributed by atoms with van der Waals surface area (Å²) in [5.41, 5.74) is 6.61. The lowest BCUT2D eigenvalue weighted by atomic mass is 9.87. The third-order valence-corrected chi connectivity index (χ3v) is 5.46. The first-order valence-electron chi connectivity index (χ1n) is 6.40. The van der Waals surface area contributed by atoms with Crippen LogP contribution in [-0.2, 0) is 0 Å². The van der Waals surface area contributed by atoms with Crippen LogP contribution in [0.3, 0.4) is 0 Å². The van der Waals surface area contributed by atoms with Gasteiger partial charge in [0.1, 0.15) is 0 Å². The number of halogens is 1. The molecule has 94 valence electrons. The van der Waals surface area contributed by atoms with Crippen molar-refractivity contribution in [2.24, 2.45) is 5.92 Å². The largest absolute Gasteiger partial charge is 0.399 e. The van der Waals surface area contributed by atoms with Crippen LogP contribution in [0.1, 0.15) is 39.0 Å². The minimum absolute atomic E-state index is 0.720. The van der Waals surface area contributed by atoms with Crippen molar-refractivity contribution >= 4 is 29.1 Å². The van der Waals surface area contributed by atoms with E-state index in [2.05, 4.69) is 6.92 Å². The fourth-order valence-corrected chi connectivity index (χ4v) is 3.95. The van der Waals surface area contributed by atoms with Crippen molar-refractivity contribution in [3.8, 4) is 0 Å². The number of rotatable bonds is 3. The predicted molar refractivity (Wildman–Crippen MR) is 77.8 cm³/mol. The summed E-state index contributed by atoms with van der Waals surface area (Å²) in [6.07, 6.45) is 6.70. The van der Waals surface area contributed by atoms with Crippen molar-refractivity contribution < 1.29 is 0 Å². The summed E-state index contributed by atoms with van der Waals surface area (Å²) in [6, 6.07) is 5.76. The molecule has 1 aliphatic carbocycles. The molecule has 1 aromatic rings. The fourth-order valence-electron chi connectivity index (χ4n) is 2.45. The van der Waals surface area contributed by atoms with Gasteiger partial charge in [0.15, 0.2) is 0 Å². The molecule has 0 saturated heterocycles. The van der Waals surface area contributed by atoms with Crippen molar-refractivity contribution in [2.45, 2.75) is 49.2 Å². The van der Waals surface area contributed by atoms with Gasteiger partial charge in [0, 0.05) is 15.8 Å². The average Bonchev–Trinajstić information content (AvgIpc) is 2.35. The molecule has 0 spiro atoms. The molecule has 0 heterocycles. The second-order valence-electron chi connectivity index (χ2n) is 4.86. The van der Waals surface area contributed by atoms with Crippen molar-refractivity contribution in [1.29, 1.82) is 0 Å². The lowest BCUT2D eigenvalue weighted by Crippen LogP contribution is -2.15. The summed E-state index contributed by atoms with van der Waals surface area (Å²) in [6.45, 7) is 2.30. The number of anilines is 1. The van der Waals surface area contributed by atoms with Crippen LogP contribution in [0.15, 0.2) is 23.1 Å². The van der Waals surface area contributed by atoms with E-state index in [1.165, 1.54) is 32.1 Å². The van der Waals surface area contributed by atoms with Gasteiger partial charge in [0.05, 0.1) is 5.02 Å². The van der Waals surface area contributed by atoms with Crippen LogP contribution >= 0.6 is 23.4 Å². The van der Waals surface area contributed by atoms with Gasteiger partial charge in [-0.1, -0.05) is 24.9 Å². The van der Waals surface area contributed by atoms with E-state index in [0.29, 0.717) is 0 Å². The normalized spacial score (nSPS) is 24.8. The summed E-state index contributed by atoms with van der Waals surface area (Å²) in [7, 11) is 0. The van der Waals surface area contributed by atoms with Crippen LogP contribution in [0.5, 0.6) is 0 Å². The Morgan fingerprint density at radius 3 is 2.65 bits per heavy atom. The van der Waals surface area contributed by atoms with E-state index in [0.717, 1.165) is 26.8 Å². The Hall–Kier alpha value is -0.340. The number of nitrogens with two attached hydrogens (primary N) is 1. The summed E-state index contributed by atoms with van der Waals surface area (Å²) in [5.74, 6) is 0.947. The van der Waals surface area contributed by atoms with Crippen LogP contribution in [-0.4, -0.2) is 5.25 Å². The molecule has 0 unspecified atom stereocenters. The van der Waals surface area contributed by atoms with Crippen LogP contribution in [0.25, 0.3) is 0 Å². The minimum Gasteiger partial charge on any atom is -0.399 e. The highest BCUT2D eigenvalue weighted by Crippen LogP contribution is 2.39. The summed E-state index contributed by atoms with van der Waals surface area (Å²) in [4.78, 5) is 1.15. The quantitative estimate of drug-likeness (QED) is 0.783. The van der Waals surface area contributed by atoms with E-state index in [1.807, 2.05) is 30.0 Å². The number of hydrogen-bond donors (Lipinski definition) is 1. The first-order chi connectivity index (χ1) is 8.19. The summed E-state index contributed by atoms with van der Waals surface area (Å²) < 4.78 is 0. The highest BCUT2D eigenvalue weighted by molar-refractivity contribution is 8.00. The SMILES string of the molecule is CCC1CCC(Sc2cc(N)ccc2Cl)CC1. The van der Waals surface area contributed by atoms with Gasteiger partial charge in [-0.05, 0) is 49.8 Å². The highest BCUT2D eigenvalue weighted by atomic mass is 35.5. The Kier molecular flexibility index (Phi) is 4.63. The van der Waals surface area contributed by atoms with E-state index in [4.69, 9.17) is 17.3 Å². The molecule has 0 bridgehead atoms. The Balaban J connectivity index is 1.95. The first-order valence-corrected chi connectivity index (χ1v) is 7.66. The molecule has 17 heavy (non-hydrogen) atoms. The molecule has 0 atom stereocenters. The molecule has 0 radical (unpaired) electrons. The van der Waals surface area contributed by atoms with Gasteiger partial charge in [0.25, 0.3) is 0 Å². The molecule has 0 aliphatic heterocycles. The van der Waals surface area contributed by atoms with Gasteiger partial charge in [-0.3, -0.25) is 0 Å². The number of nitrogen functional groups attached to an aromatic ring is 1. The van der Waals surface area contributed by atoms with Crippen LogP contribution < -0.4 is 5.73 Å². The third-order valence-electron chi connectivity index (χ3n) is 3.62. The van der Waals surface area contributed by atoms with E-state index in [-0.39, 0.29) is 0 Å². The Labute approximate surface area is 113 Å². The number of thioether (sulfide) groups is 1. The monoisotopic (exact) mass is 269 g/mol. The zero-order valence-electron chi connectivity index (χ0n) is 10.3. The molecular formula is C14H20ClNS. The molecule has 1 saturated carbocycles. The predicted octanol–water partition coefficient (Wildman–Crippen LogP) is 4.98. The van der Waals surface area contributed by atoms with Crippen molar-refractivity contribution in [2.75, 3.05) is 5.73 Å². The van der Waals surface area contributed by atoms with Crippen molar-refractivity contribution in [3.63, 3.8) is 0 Å². The van der Waals surface area contributed by atoms with E-state index < -0.39 is 0 Å². The number of benzene rings is 1. The van der Waals surface area contributed by atoms with Crippen LogP contribution in [0, 0.1) is 5.92 Å². The third kappa shape index (κ3) is 3.56. The lowest BCUT2D eigenvalue weighted by molar-refractivity contribution is 0.356.